The van der Waals surface area contributed by atoms with Gasteiger partial charge in [0.15, 0.2) is 0 Å². The molecule has 0 atom stereocenters. The lowest BCUT2D eigenvalue weighted by Crippen LogP contribution is -2.24. The van der Waals surface area contributed by atoms with Crippen LogP contribution in [0, 0.1) is 0 Å². The highest BCUT2D eigenvalue weighted by molar-refractivity contribution is 7.92. The molecule has 1 aliphatic carbocycles. The summed E-state index contributed by atoms with van der Waals surface area (Å²) in [6.45, 7) is 0. The van der Waals surface area contributed by atoms with Crippen LogP contribution in [0.5, 0.6) is 0 Å². The molecule has 0 saturated heterocycles. The molecule has 0 aliphatic heterocycles. The zero-order chi connectivity index (χ0) is 19.5. The number of hydrogen-bond donors (Lipinski definition) is 2. The highest BCUT2D eigenvalue weighted by atomic mass is 32.2. The minimum absolute atomic E-state index is 0.00831. The van der Waals surface area contributed by atoms with E-state index in [-0.39, 0.29) is 16.6 Å². The minimum Gasteiger partial charge on any atom is -0.381 e. The van der Waals surface area contributed by atoms with Gasteiger partial charge in [-0.05, 0) is 43.2 Å². The van der Waals surface area contributed by atoms with Crippen LogP contribution in [0.1, 0.15) is 37.7 Å². The third-order valence-corrected chi connectivity index (χ3v) is 5.99. The van der Waals surface area contributed by atoms with E-state index in [0.717, 1.165) is 44.2 Å². The summed E-state index contributed by atoms with van der Waals surface area (Å²) in [5.41, 5.74) is -0.642. The summed E-state index contributed by atoms with van der Waals surface area (Å²) < 4.78 is 66.8. The van der Waals surface area contributed by atoms with Crippen LogP contribution in [-0.2, 0) is 16.2 Å². The Morgan fingerprint density at radius 2 is 1.56 bits per heavy atom. The van der Waals surface area contributed by atoms with Gasteiger partial charge in [-0.2, -0.15) is 13.2 Å². The van der Waals surface area contributed by atoms with Crippen molar-refractivity contribution in [2.24, 2.45) is 0 Å². The molecule has 0 spiro atoms. The molecule has 27 heavy (non-hydrogen) atoms. The molecule has 2 N–H and O–H groups in total. The largest absolute Gasteiger partial charge is 0.416 e. The van der Waals surface area contributed by atoms with Crippen LogP contribution in [0.2, 0.25) is 0 Å². The van der Waals surface area contributed by atoms with Crippen molar-refractivity contribution < 1.29 is 21.6 Å². The summed E-state index contributed by atoms with van der Waals surface area (Å²) in [6, 6.07) is 10.8. The number of sulfonamides is 1. The molecule has 0 bridgehead atoms. The molecule has 1 aliphatic rings. The average Bonchev–Trinajstić information content (AvgIpc) is 2.64. The summed E-state index contributed by atoms with van der Waals surface area (Å²) in [7, 11) is -4.00. The Kier molecular flexibility index (Phi) is 5.64. The maximum Gasteiger partial charge on any atom is 0.416 e. The van der Waals surface area contributed by atoms with Crippen LogP contribution >= 0.6 is 0 Å². The van der Waals surface area contributed by atoms with Gasteiger partial charge in [0.25, 0.3) is 10.0 Å². The second kappa shape index (κ2) is 7.80. The first-order valence-electron chi connectivity index (χ1n) is 8.81. The van der Waals surface area contributed by atoms with Gasteiger partial charge in [-0.3, -0.25) is 4.72 Å². The number of nitrogens with one attached hydrogen (secondary N) is 2. The Bertz CT molecular complexity index is 878. The summed E-state index contributed by atoms with van der Waals surface area (Å²) in [5.74, 6) is 0. The molecule has 2 aromatic rings. The zero-order valence-electron chi connectivity index (χ0n) is 14.6. The van der Waals surface area contributed by atoms with Crippen molar-refractivity contribution in [2.75, 3.05) is 10.0 Å². The monoisotopic (exact) mass is 398 g/mol. The van der Waals surface area contributed by atoms with E-state index in [4.69, 9.17) is 0 Å². The first-order chi connectivity index (χ1) is 12.8. The highest BCUT2D eigenvalue weighted by Crippen LogP contribution is 2.36. The molecule has 1 saturated carbocycles. The molecule has 4 nitrogen and oxygen atoms in total. The van der Waals surface area contributed by atoms with Crippen molar-refractivity contribution >= 4 is 21.4 Å². The summed E-state index contributed by atoms with van der Waals surface area (Å²) in [6.07, 6.45) is 0.486. The van der Waals surface area contributed by atoms with Gasteiger partial charge < -0.3 is 5.32 Å². The second-order valence-electron chi connectivity index (χ2n) is 6.66. The van der Waals surface area contributed by atoms with E-state index in [2.05, 4.69) is 10.0 Å². The van der Waals surface area contributed by atoms with Gasteiger partial charge in [0.2, 0.25) is 0 Å². The summed E-state index contributed by atoms with van der Waals surface area (Å²) >= 11 is 0. The maximum absolute atomic E-state index is 13.1. The molecule has 8 heteroatoms. The van der Waals surface area contributed by atoms with E-state index in [1.165, 1.54) is 18.2 Å². The van der Waals surface area contributed by atoms with Crippen LogP contribution in [0.25, 0.3) is 0 Å². The van der Waals surface area contributed by atoms with E-state index in [1.807, 2.05) is 0 Å². The molecule has 0 amide bonds. The summed E-state index contributed by atoms with van der Waals surface area (Å²) in [4.78, 5) is -0.00831. The molecule has 0 unspecified atom stereocenters. The number of benzene rings is 2. The number of anilines is 2. The number of hydrogen-bond acceptors (Lipinski definition) is 3. The van der Waals surface area contributed by atoms with Gasteiger partial charge in [-0.1, -0.05) is 37.5 Å². The van der Waals surface area contributed by atoms with Crippen LogP contribution in [0.15, 0.2) is 53.4 Å². The fraction of sp³-hybridized carbons (Fsp3) is 0.368. The second-order valence-corrected chi connectivity index (χ2v) is 8.34. The van der Waals surface area contributed by atoms with E-state index in [1.54, 1.807) is 18.2 Å². The van der Waals surface area contributed by atoms with Crippen molar-refractivity contribution in [3.05, 3.63) is 54.1 Å². The minimum atomic E-state index is -4.56. The van der Waals surface area contributed by atoms with E-state index in [9.17, 15) is 21.6 Å². The van der Waals surface area contributed by atoms with Crippen molar-refractivity contribution in [1.82, 2.24) is 0 Å². The lowest BCUT2D eigenvalue weighted by Gasteiger charge is -2.26. The Balaban J connectivity index is 1.94. The normalized spacial score (nSPS) is 16.1. The predicted molar refractivity (Wildman–Crippen MR) is 99.2 cm³/mol. The van der Waals surface area contributed by atoms with Crippen LogP contribution in [0.4, 0.5) is 24.5 Å². The first kappa shape index (κ1) is 19.5. The third kappa shape index (κ3) is 4.94. The van der Waals surface area contributed by atoms with Gasteiger partial charge in [0.1, 0.15) is 0 Å². The molecule has 146 valence electrons. The van der Waals surface area contributed by atoms with Gasteiger partial charge in [0.05, 0.1) is 21.8 Å². The quantitative estimate of drug-likeness (QED) is 0.723. The molecular formula is C19H21F3N2O2S. The van der Waals surface area contributed by atoms with E-state index < -0.39 is 21.8 Å². The molecule has 0 aromatic heterocycles. The van der Waals surface area contributed by atoms with Crippen LogP contribution in [0.3, 0.4) is 0 Å². The molecule has 3 rings (SSSR count). The molecular weight excluding hydrogens is 377 g/mol. The van der Waals surface area contributed by atoms with Gasteiger partial charge >= 0.3 is 6.18 Å². The smallest absolute Gasteiger partial charge is 0.381 e. The first-order valence-corrected chi connectivity index (χ1v) is 10.3. The maximum atomic E-state index is 13.1. The Labute approximate surface area is 156 Å². The molecule has 0 radical (unpaired) electrons. The fourth-order valence-electron chi connectivity index (χ4n) is 3.20. The predicted octanol–water partition coefficient (Wildman–Crippen LogP) is 5.25. The Morgan fingerprint density at radius 3 is 2.19 bits per heavy atom. The van der Waals surface area contributed by atoms with Crippen LogP contribution < -0.4 is 10.0 Å². The lowest BCUT2D eigenvalue weighted by molar-refractivity contribution is -0.137. The van der Waals surface area contributed by atoms with Gasteiger partial charge in [-0.25, -0.2) is 8.42 Å². The Morgan fingerprint density at radius 1 is 0.889 bits per heavy atom. The highest BCUT2D eigenvalue weighted by Gasteiger charge is 2.32. The number of rotatable bonds is 5. The molecule has 1 fully saturated rings. The van der Waals surface area contributed by atoms with Crippen molar-refractivity contribution in [3.63, 3.8) is 0 Å². The molecule has 0 heterocycles. The third-order valence-electron chi connectivity index (χ3n) is 4.61. The number of halogens is 3. The lowest BCUT2D eigenvalue weighted by atomic mass is 9.95. The van der Waals surface area contributed by atoms with Gasteiger partial charge in [-0.15, -0.1) is 0 Å². The van der Waals surface area contributed by atoms with E-state index in [0.29, 0.717) is 5.69 Å². The van der Waals surface area contributed by atoms with Crippen molar-refractivity contribution in [3.8, 4) is 0 Å². The standard InChI is InChI=1S/C19H21F3N2O2S/c20-19(21,22)14-11-12-17(23-15-7-3-1-4-8-15)18(13-14)24-27(25,26)16-9-5-2-6-10-16/h2,5-6,9-13,15,23-24H,1,3-4,7-8H2. The Hall–Kier alpha value is -2.22. The fourth-order valence-corrected chi connectivity index (χ4v) is 4.29. The van der Waals surface area contributed by atoms with Gasteiger partial charge in [0, 0.05) is 6.04 Å². The van der Waals surface area contributed by atoms with Crippen LogP contribution in [-0.4, -0.2) is 14.5 Å². The average molecular weight is 398 g/mol. The van der Waals surface area contributed by atoms with E-state index >= 15 is 0 Å². The van der Waals surface area contributed by atoms with Crippen molar-refractivity contribution in [2.45, 2.75) is 49.2 Å². The molecule has 2 aromatic carbocycles. The number of alkyl halides is 3. The van der Waals surface area contributed by atoms with Crippen molar-refractivity contribution in [1.29, 1.82) is 0 Å². The SMILES string of the molecule is O=S(=O)(Nc1cc(C(F)(F)F)ccc1NC1CCCCC1)c1ccccc1. The summed E-state index contributed by atoms with van der Waals surface area (Å²) in [5, 5.41) is 3.21. The zero-order valence-corrected chi connectivity index (χ0v) is 15.4. The topological polar surface area (TPSA) is 58.2 Å².